The summed E-state index contributed by atoms with van der Waals surface area (Å²) in [5.74, 6) is 0.249. The second kappa shape index (κ2) is 10.00. The second-order valence-corrected chi connectivity index (χ2v) is 7.73. The molecule has 0 aliphatic heterocycles. The Bertz CT molecular complexity index is 1140. The Morgan fingerprint density at radius 1 is 0.774 bits per heavy atom. The van der Waals surface area contributed by atoms with Crippen LogP contribution in [0.15, 0.2) is 96.2 Å². The first-order valence-corrected chi connectivity index (χ1v) is 11.1. The zero-order valence-electron chi connectivity index (χ0n) is 17.2. The monoisotopic (exact) mass is 426 g/mol. The zero-order chi connectivity index (χ0) is 21.5. The number of amides is 1. The standard InChI is InChI=1S/C25H22N4OS/c1-2-29(21-16-10-5-11-17-21)22(30)18-31-25-26-23(19-12-6-3-7-13-19)24(27-28-25)20-14-8-4-9-15-20/h3-17H,2,18H2,1H3. The number of nitrogens with zero attached hydrogens (tertiary/aromatic N) is 4. The molecule has 4 rings (SSSR count). The summed E-state index contributed by atoms with van der Waals surface area (Å²) in [4.78, 5) is 19.3. The van der Waals surface area contributed by atoms with E-state index >= 15 is 0 Å². The van der Waals surface area contributed by atoms with Gasteiger partial charge in [-0.05, 0) is 19.1 Å². The number of carbonyl (C=O) groups is 1. The molecule has 31 heavy (non-hydrogen) atoms. The lowest BCUT2D eigenvalue weighted by Gasteiger charge is -2.20. The third-order valence-electron chi connectivity index (χ3n) is 4.77. The molecular weight excluding hydrogens is 404 g/mol. The number of rotatable bonds is 7. The van der Waals surface area contributed by atoms with E-state index in [1.165, 1.54) is 11.8 Å². The van der Waals surface area contributed by atoms with Gasteiger partial charge in [0, 0.05) is 23.4 Å². The third-order valence-corrected chi connectivity index (χ3v) is 5.59. The van der Waals surface area contributed by atoms with Crippen molar-refractivity contribution in [3.05, 3.63) is 91.0 Å². The van der Waals surface area contributed by atoms with Gasteiger partial charge in [0.15, 0.2) is 0 Å². The number of thioether (sulfide) groups is 1. The van der Waals surface area contributed by atoms with Crippen molar-refractivity contribution in [1.29, 1.82) is 0 Å². The Kier molecular flexibility index (Phi) is 6.69. The summed E-state index contributed by atoms with van der Waals surface area (Å²) in [6, 6.07) is 29.5. The highest BCUT2D eigenvalue weighted by molar-refractivity contribution is 7.99. The van der Waals surface area contributed by atoms with E-state index in [0.29, 0.717) is 11.7 Å². The van der Waals surface area contributed by atoms with Gasteiger partial charge in [-0.2, -0.15) is 0 Å². The minimum Gasteiger partial charge on any atom is -0.312 e. The fraction of sp³-hybridized carbons (Fsp3) is 0.120. The number of aromatic nitrogens is 3. The molecule has 0 saturated carbocycles. The van der Waals surface area contributed by atoms with Crippen LogP contribution in [0, 0.1) is 0 Å². The van der Waals surface area contributed by atoms with E-state index in [1.807, 2.05) is 97.9 Å². The number of para-hydroxylation sites is 1. The number of hydrogen-bond acceptors (Lipinski definition) is 5. The van der Waals surface area contributed by atoms with Gasteiger partial charge in [-0.25, -0.2) is 4.98 Å². The lowest BCUT2D eigenvalue weighted by molar-refractivity contribution is -0.116. The first-order valence-electron chi connectivity index (χ1n) is 10.1. The fourth-order valence-electron chi connectivity index (χ4n) is 3.28. The molecule has 0 atom stereocenters. The van der Waals surface area contributed by atoms with Gasteiger partial charge in [-0.15, -0.1) is 10.2 Å². The lowest BCUT2D eigenvalue weighted by Crippen LogP contribution is -2.32. The van der Waals surface area contributed by atoms with Crippen molar-refractivity contribution in [3.8, 4) is 22.5 Å². The van der Waals surface area contributed by atoms with Crippen molar-refractivity contribution < 1.29 is 4.79 Å². The molecule has 0 saturated heterocycles. The summed E-state index contributed by atoms with van der Waals surface area (Å²) in [6.45, 7) is 2.57. The zero-order valence-corrected chi connectivity index (χ0v) is 18.0. The largest absolute Gasteiger partial charge is 0.312 e. The van der Waals surface area contributed by atoms with Crippen molar-refractivity contribution in [2.45, 2.75) is 12.1 Å². The van der Waals surface area contributed by atoms with Gasteiger partial charge in [0.25, 0.3) is 0 Å². The van der Waals surface area contributed by atoms with Crippen LogP contribution in [0.1, 0.15) is 6.92 Å². The molecule has 0 spiro atoms. The van der Waals surface area contributed by atoms with Crippen LogP contribution in [-0.2, 0) is 4.79 Å². The van der Waals surface area contributed by atoms with Crippen LogP contribution >= 0.6 is 11.8 Å². The van der Waals surface area contributed by atoms with Crippen molar-refractivity contribution in [2.75, 3.05) is 17.2 Å². The molecule has 154 valence electrons. The van der Waals surface area contributed by atoms with Gasteiger partial charge in [0.05, 0.1) is 5.75 Å². The molecule has 1 amide bonds. The van der Waals surface area contributed by atoms with Crippen LogP contribution in [-0.4, -0.2) is 33.4 Å². The molecular formula is C25H22N4OS. The van der Waals surface area contributed by atoms with E-state index in [1.54, 1.807) is 4.90 Å². The molecule has 0 aliphatic rings. The van der Waals surface area contributed by atoms with Crippen molar-refractivity contribution in [2.24, 2.45) is 0 Å². The summed E-state index contributed by atoms with van der Waals surface area (Å²) in [6.07, 6.45) is 0. The van der Waals surface area contributed by atoms with E-state index in [0.717, 1.165) is 28.2 Å². The Labute approximate surface area is 186 Å². The first kappa shape index (κ1) is 20.8. The summed E-state index contributed by atoms with van der Waals surface area (Å²) in [7, 11) is 0. The van der Waals surface area contributed by atoms with Gasteiger partial charge < -0.3 is 4.90 Å². The summed E-state index contributed by atoms with van der Waals surface area (Å²) < 4.78 is 0. The highest BCUT2D eigenvalue weighted by atomic mass is 32.2. The van der Waals surface area contributed by atoms with Gasteiger partial charge in [0.2, 0.25) is 11.1 Å². The van der Waals surface area contributed by atoms with Crippen LogP contribution in [0.4, 0.5) is 5.69 Å². The van der Waals surface area contributed by atoms with Crippen molar-refractivity contribution in [1.82, 2.24) is 15.2 Å². The molecule has 4 aromatic rings. The highest BCUT2D eigenvalue weighted by Crippen LogP contribution is 2.29. The van der Waals surface area contributed by atoms with Crippen LogP contribution in [0.2, 0.25) is 0 Å². The van der Waals surface area contributed by atoms with Gasteiger partial charge in [0.1, 0.15) is 11.4 Å². The number of anilines is 1. The number of hydrogen-bond donors (Lipinski definition) is 0. The predicted octanol–water partition coefficient (Wildman–Crippen LogP) is 5.35. The molecule has 1 heterocycles. The van der Waals surface area contributed by atoms with E-state index < -0.39 is 0 Å². The lowest BCUT2D eigenvalue weighted by atomic mass is 10.0. The third kappa shape index (κ3) is 4.98. The van der Waals surface area contributed by atoms with E-state index in [-0.39, 0.29) is 11.7 Å². The van der Waals surface area contributed by atoms with Crippen molar-refractivity contribution >= 4 is 23.4 Å². The Balaban J connectivity index is 1.59. The van der Waals surface area contributed by atoms with Crippen LogP contribution in [0.3, 0.4) is 0 Å². The quantitative estimate of drug-likeness (QED) is 0.373. The molecule has 0 unspecified atom stereocenters. The molecule has 3 aromatic carbocycles. The van der Waals surface area contributed by atoms with Gasteiger partial charge in [-0.1, -0.05) is 90.6 Å². The maximum atomic E-state index is 12.8. The molecule has 6 heteroatoms. The Morgan fingerprint density at radius 2 is 1.32 bits per heavy atom. The SMILES string of the molecule is CCN(C(=O)CSc1nnc(-c2ccccc2)c(-c2ccccc2)n1)c1ccccc1. The fourth-order valence-corrected chi connectivity index (χ4v) is 3.94. The van der Waals surface area contributed by atoms with Gasteiger partial charge in [-0.3, -0.25) is 4.79 Å². The maximum Gasteiger partial charge on any atom is 0.237 e. The minimum absolute atomic E-state index is 0.00990. The molecule has 0 bridgehead atoms. The molecule has 5 nitrogen and oxygen atoms in total. The Hall–Kier alpha value is -3.51. The van der Waals surface area contributed by atoms with E-state index in [2.05, 4.69) is 10.2 Å². The summed E-state index contributed by atoms with van der Waals surface area (Å²) in [5, 5.41) is 9.25. The van der Waals surface area contributed by atoms with E-state index in [4.69, 9.17) is 4.98 Å². The molecule has 1 aromatic heterocycles. The minimum atomic E-state index is 0.00990. The average molecular weight is 427 g/mol. The van der Waals surface area contributed by atoms with Crippen LogP contribution < -0.4 is 4.90 Å². The predicted molar refractivity (Wildman–Crippen MR) is 126 cm³/mol. The normalized spacial score (nSPS) is 10.6. The maximum absolute atomic E-state index is 12.8. The highest BCUT2D eigenvalue weighted by Gasteiger charge is 2.17. The molecule has 0 fully saturated rings. The van der Waals surface area contributed by atoms with Crippen molar-refractivity contribution in [3.63, 3.8) is 0 Å². The van der Waals surface area contributed by atoms with E-state index in [9.17, 15) is 4.79 Å². The molecule has 0 N–H and O–H groups in total. The number of carbonyl (C=O) groups excluding carboxylic acids is 1. The number of benzene rings is 3. The Morgan fingerprint density at radius 3 is 1.90 bits per heavy atom. The average Bonchev–Trinajstić information content (AvgIpc) is 2.85. The van der Waals surface area contributed by atoms with Gasteiger partial charge >= 0.3 is 0 Å². The van der Waals surface area contributed by atoms with Crippen LogP contribution in [0.5, 0.6) is 0 Å². The molecule has 0 aliphatic carbocycles. The summed E-state index contributed by atoms with van der Waals surface area (Å²) in [5.41, 5.74) is 4.28. The summed E-state index contributed by atoms with van der Waals surface area (Å²) >= 11 is 1.30. The van der Waals surface area contributed by atoms with Crippen LogP contribution in [0.25, 0.3) is 22.5 Å². The first-order chi connectivity index (χ1) is 15.3. The second-order valence-electron chi connectivity index (χ2n) is 6.79. The smallest absolute Gasteiger partial charge is 0.237 e. The topological polar surface area (TPSA) is 59.0 Å². The molecule has 0 radical (unpaired) electrons.